The van der Waals surface area contributed by atoms with E-state index in [1.807, 2.05) is 48.3 Å². The molecule has 2 rings (SSSR count). The predicted molar refractivity (Wildman–Crippen MR) is 79.9 cm³/mol. The number of hydrogen-bond donors (Lipinski definition) is 0. The van der Waals surface area contributed by atoms with Crippen molar-refractivity contribution < 1.29 is 4.74 Å². The Morgan fingerprint density at radius 3 is 2.37 bits per heavy atom. The first-order valence-electron chi connectivity index (χ1n) is 5.73. The van der Waals surface area contributed by atoms with Gasteiger partial charge in [0, 0.05) is 17.2 Å². The second-order valence-corrected chi connectivity index (χ2v) is 4.89. The molecule has 0 unspecified atom stereocenters. The standard InChI is InChI=1S/C15H13BrN2O/c1-18(12-4-6-13(19-2)7-5-12)15-8-3-11(10-17)9-14(15)16/h3-9H,1-2H3. The topological polar surface area (TPSA) is 36.3 Å². The first-order chi connectivity index (χ1) is 9.15. The molecule has 0 N–H and O–H groups in total. The van der Waals surface area contributed by atoms with Crippen LogP contribution in [0.2, 0.25) is 0 Å². The number of anilines is 2. The van der Waals surface area contributed by atoms with Gasteiger partial charge in [-0.05, 0) is 58.4 Å². The highest BCUT2D eigenvalue weighted by molar-refractivity contribution is 9.10. The van der Waals surface area contributed by atoms with Crippen molar-refractivity contribution >= 4 is 27.3 Å². The number of halogens is 1. The van der Waals surface area contributed by atoms with Crippen LogP contribution in [0.4, 0.5) is 11.4 Å². The quantitative estimate of drug-likeness (QED) is 0.855. The van der Waals surface area contributed by atoms with Crippen LogP contribution < -0.4 is 9.64 Å². The lowest BCUT2D eigenvalue weighted by atomic mass is 10.2. The Bertz CT molecular complexity index is 617. The Morgan fingerprint density at radius 1 is 1.16 bits per heavy atom. The molecule has 0 aliphatic heterocycles. The van der Waals surface area contributed by atoms with E-state index in [9.17, 15) is 0 Å². The molecule has 0 aromatic heterocycles. The van der Waals surface area contributed by atoms with Gasteiger partial charge in [-0.15, -0.1) is 0 Å². The van der Waals surface area contributed by atoms with E-state index in [1.54, 1.807) is 13.2 Å². The summed E-state index contributed by atoms with van der Waals surface area (Å²) in [7, 11) is 3.63. The van der Waals surface area contributed by atoms with Gasteiger partial charge in [-0.2, -0.15) is 5.26 Å². The van der Waals surface area contributed by atoms with Gasteiger partial charge in [0.1, 0.15) is 5.75 Å². The zero-order valence-electron chi connectivity index (χ0n) is 10.7. The maximum Gasteiger partial charge on any atom is 0.119 e. The number of benzene rings is 2. The third kappa shape index (κ3) is 2.88. The maximum absolute atomic E-state index is 8.87. The van der Waals surface area contributed by atoms with Crippen LogP contribution in [0.1, 0.15) is 5.56 Å². The molecule has 0 radical (unpaired) electrons. The SMILES string of the molecule is COc1ccc(N(C)c2ccc(C#N)cc2Br)cc1. The molecular weight excluding hydrogens is 304 g/mol. The maximum atomic E-state index is 8.87. The van der Waals surface area contributed by atoms with Gasteiger partial charge >= 0.3 is 0 Å². The van der Waals surface area contributed by atoms with E-state index in [2.05, 4.69) is 22.0 Å². The average Bonchev–Trinajstić information content (AvgIpc) is 2.46. The highest BCUT2D eigenvalue weighted by atomic mass is 79.9. The summed E-state index contributed by atoms with van der Waals surface area (Å²) in [4.78, 5) is 2.05. The van der Waals surface area contributed by atoms with Crippen LogP contribution in [0.15, 0.2) is 46.9 Å². The van der Waals surface area contributed by atoms with Crippen molar-refractivity contribution in [1.29, 1.82) is 5.26 Å². The molecule has 0 fully saturated rings. The van der Waals surface area contributed by atoms with Gasteiger partial charge in [0.05, 0.1) is 24.4 Å². The van der Waals surface area contributed by atoms with Crippen molar-refractivity contribution in [3.8, 4) is 11.8 Å². The van der Waals surface area contributed by atoms with Crippen LogP contribution in [0.3, 0.4) is 0 Å². The fraction of sp³-hybridized carbons (Fsp3) is 0.133. The highest BCUT2D eigenvalue weighted by Gasteiger charge is 2.08. The lowest BCUT2D eigenvalue weighted by Gasteiger charge is -2.21. The summed E-state index contributed by atoms with van der Waals surface area (Å²) < 4.78 is 6.04. The number of methoxy groups -OCH3 is 1. The van der Waals surface area contributed by atoms with Crippen molar-refractivity contribution in [2.45, 2.75) is 0 Å². The summed E-state index contributed by atoms with van der Waals surface area (Å²) in [5, 5.41) is 8.87. The van der Waals surface area contributed by atoms with Crippen LogP contribution in [-0.2, 0) is 0 Å². The summed E-state index contributed by atoms with van der Waals surface area (Å²) >= 11 is 3.50. The van der Waals surface area contributed by atoms with Crippen molar-refractivity contribution in [3.63, 3.8) is 0 Å². The monoisotopic (exact) mass is 316 g/mol. The average molecular weight is 317 g/mol. The van der Waals surface area contributed by atoms with Gasteiger partial charge in [0.2, 0.25) is 0 Å². The molecule has 0 amide bonds. The first kappa shape index (κ1) is 13.4. The van der Waals surface area contributed by atoms with Gasteiger partial charge in [0.15, 0.2) is 0 Å². The molecule has 4 heteroatoms. The van der Waals surface area contributed by atoms with E-state index >= 15 is 0 Å². The largest absolute Gasteiger partial charge is 0.497 e. The van der Waals surface area contributed by atoms with E-state index in [-0.39, 0.29) is 0 Å². The summed E-state index contributed by atoms with van der Waals surface area (Å²) in [6.45, 7) is 0. The molecule has 0 aliphatic carbocycles. The second-order valence-electron chi connectivity index (χ2n) is 4.04. The summed E-state index contributed by atoms with van der Waals surface area (Å²) in [5.41, 5.74) is 2.69. The molecule has 3 nitrogen and oxygen atoms in total. The van der Waals surface area contributed by atoms with Crippen LogP contribution >= 0.6 is 15.9 Å². The molecule has 0 spiro atoms. The van der Waals surface area contributed by atoms with E-state index < -0.39 is 0 Å². The fourth-order valence-corrected chi connectivity index (χ4v) is 2.44. The number of rotatable bonds is 3. The number of nitriles is 1. The van der Waals surface area contributed by atoms with E-state index in [1.165, 1.54) is 0 Å². The molecule has 0 saturated carbocycles. The number of nitrogens with zero attached hydrogens (tertiary/aromatic N) is 2. The van der Waals surface area contributed by atoms with Crippen LogP contribution in [0.5, 0.6) is 5.75 Å². The molecule has 2 aromatic rings. The Hall–Kier alpha value is -1.99. The minimum absolute atomic E-state index is 0.638. The lowest BCUT2D eigenvalue weighted by molar-refractivity contribution is 0.415. The molecule has 0 aliphatic rings. The van der Waals surface area contributed by atoms with E-state index in [0.717, 1.165) is 21.6 Å². The Morgan fingerprint density at radius 2 is 1.84 bits per heavy atom. The number of hydrogen-bond acceptors (Lipinski definition) is 3. The molecule has 0 heterocycles. The molecule has 0 bridgehead atoms. The third-order valence-electron chi connectivity index (χ3n) is 2.90. The van der Waals surface area contributed by atoms with Crippen molar-refractivity contribution in [1.82, 2.24) is 0 Å². The zero-order valence-corrected chi connectivity index (χ0v) is 12.3. The summed E-state index contributed by atoms with van der Waals surface area (Å²) in [6, 6.07) is 15.5. The van der Waals surface area contributed by atoms with Gasteiger partial charge in [-0.3, -0.25) is 0 Å². The Balaban J connectivity index is 2.33. The minimum Gasteiger partial charge on any atom is -0.497 e. The summed E-state index contributed by atoms with van der Waals surface area (Å²) in [5.74, 6) is 0.830. The Labute approximate surface area is 121 Å². The fourth-order valence-electron chi connectivity index (χ4n) is 1.79. The van der Waals surface area contributed by atoms with Crippen molar-refractivity contribution in [3.05, 3.63) is 52.5 Å². The summed E-state index contributed by atoms with van der Waals surface area (Å²) in [6.07, 6.45) is 0. The second kappa shape index (κ2) is 5.77. The van der Waals surface area contributed by atoms with E-state index in [0.29, 0.717) is 5.56 Å². The highest BCUT2D eigenvalue weighted by Crippen LogP contribution is 2.32. The van der Waals surface area contributed by atoms with Gasteiger partial charge < -0.3 is 9.64 Å². The first-order valence-corrected chi connectivity index (χ1v) is 6.52. The Kier molecular flexibility index (Phi) is 4.08. The van der Waals surface area contributed by atoms with Crippen LogP contribution in [0, 0.1) is 11.3 Å². The lowest BCUT2D eigenvalue weighted by Crippen LogP contribution is -2.09. The van der Waals surface area contributed by atoms with Crippen LogP contribution in [-0.4, -0.2) is 14.2 Å². The van der Waals surface area contributed by atoms with Crippen molar-refractivity contribution in [2.75, 3.05) is 19.1 Å². The van der Waals surface area contributed by atoms with E-state index in [4.69, 9.17) is 10.00 Å². The smallest absolute Gasteiger partial charge is 0.119 e. The van der Waals surface area contributed by atoms with Gasteiger partial charge in [-0.1, -0.05) is 0 Å². The third-order valence-corrected chi connectivity index (χ3v) is 3.53. The molecular formula is C15H13BrN2O. The zero-order chi connectivity index (χ0) is 13.8. The minimum atomic E-state index is 0.638. The van der Waals surface area contributed by atoms with Gasteiger partial charge in [0.25, 0.3) is 0 Å². The van der Waals surface area contributed by atoms with Crippen molar-refractivity contribution in [2.24, 2.45) is 0 Å². The molecule has 96 valence electrons. The molecule has 2 aromatic carbocycles. The predicted octanol–water partition coefficient (Wildman–Crippen LogP) is 4.10. The molecule has 19 heavy (non-hydrogen) atoms. The van der Waals surface area contributed by atoms with Gasteiger partial charge in [-0.25, -0.2) is 0 Å². The molecule has 0 saturated heterocycles. The molecule has 0 atom stereocenters. The number of ether oxygens (including phenoxy) is 1. The van der Waals surface area contributed by atoms with Crippen LogP contribution in [0.25, 0.3) is 0 Å². The normalized spacial score (nSPS) is 9.79.